The van der Waals surface area contributed by atoms with Gasteiger partial charge in [0.1, 0.15) is 5.82 Å². The van der Waals surface area contributed by atoms with Crippen LogP contribution in [0.15, 0.2) is 24.3 Å². The van der Waals surface area contributed by atoms with E-state index in [-0.39, 0.29) is 5.82 Å². The predicted molar refractivity (Wildman–Crippen MR) is 71.8 cm³/mol. The molecule has 0 saturated carbocycles. The maximum atomic E-state index is 12.9. The van der Waals surface area contributed by atoms with Gasteiger partial charge in [0.25, 0.3) is 0 Å². The van der Waals surface area contributed by atoms with Crippen molar-refractivity contribution in [2.24, 2.45) is 5.92 Å². The number of hydrogen-bond acceptors (Lipinski definition) is 1. The maximum absolute atomic E-state index is 12.9. The highest BCUT2D eigenvalue weighted by atomic mass is 19.1. The van der Waals surface area contributed by atoms with E-state index < -0.39 is 0 Å². The van der Waals surface area contributed by atoms with Gasteiger partial charge in [0.05, 0.1) is 0 Å². The zero-order chi connectivity index (χ0) is 12.7. The molecule has 0 heterocycles. The highest BCUT2D eigenvalue weighted by Crippen LogP contribution is 2.23. The zero-order valence-electron chi connectivity index (χ0n) is 11.2. The maximum Gasteiger partial charge on any atom is 0.123 e. The third kappa shape index (κ3) is 5.31. The SMILES string of the molecule is CCNCC(CCC(C)C)c1ccc(F)cc1. The number of halogens is 1. The van der Waals surface area contributed by atoms with Crippen molar-refractivity contribution in [3.8, 4) is 0 Å². The molecule has 17 heavy (non-hydrogen) atoms. The van der Waals surface area contributed by atoms with Gasteiger partial charge in [-0.25, -0.2) is 4.39 Å². The van der Waals surface area contributed by atoms with E-state index in [4.69, 9.17) is 0 Å². The first-order chi connectivity index (χ1) is 8.13. The lowest BCUT2D eigenvalue weighted by Gasteiger charge is -2.19. The lowest BCUT2D eigenvalue weighted by atomic mass is 9.91. The highest BCUT2D eigenvalue weighted by molar-refractivity contribution is 5.20. The van der Waals surface area contributed by atoms with E-state index in [0.717, 1.165) is 25.4 Å². The average molecular weight is 237 g/mol. The quantitative estimate of drug-likeness (QED) is 0.757. The smallest absolute Gasteiger partial charge is 0.123 e. The van der Waals surface area contributed by atoms with Gasteiger partial charge >= 0.3 is 0 Å². The fourth-order valence-electron chi connectivity index (χ4n) is 1.97. The summed E-state index contributed by atoms with van der Waals surface area (Å²) in [4.78, 5) is 0. The van der Waals surface area contributed by atoms with Crippen molar-refractivity contribution >= 4 is 0 Å². The van der Waals surface area contributed by atoms with Crippen LogP contribution in [0.4, 0.5) is 4.39 Å². The van der Waals surface area contributed by atoms with Crippen LogP contribution in [0, 0.1) is 11.7 Å². The van der Waals surface area contributed by atoms with Gasteiger partial charge in [0.2, 0.25) is 0 Å². The van der Waals surface area contributed by atoms with Crippen molar-refractivity contribution in [1.29, 1.82) is 0 Å². The summed E-state index contributed by atoms with van der Waals surface area (Å²) in [6, 6.07) is 6.95. The molecule has 0 aliphatic carbocycles. The molecule has 0 radical (unpaired) electrons. The summed E-state index contributed by atoms with van der Waals surface area (Å²) in [5, 5.41) is 3.39. The highest BCUT2D eigenvalue weighted by Gasteiger charge is 2.11. The van der Waals surface area contributed by atoms with E-state index >= 15 is 0 Å². The largest absolute Gasteiger partial charge is 0.316 e. The van der Waals surface area contributed by atoms with Crippen molar-refractivity contribution in [2.45, 2.75) is 39.5 Å². The Kier molecular flexibility index (Phi) is 6.20. The minimum atomic E-state index is -0.153. The molecule has 1 rings (SSSR count). The molecular formula is C15H24FN. The predicted octanol–water partition coefficient (Wildman–Crippen LogP) is 3.96. The molecule has 0 aromatic heterocycles. The Labute approximate surface area is 104 Å². The lowest BCUT2D eigenvalue weighted by Crippen LogP contribution is -2.21. The molecule has 0 fully saturated rings. The van der Waals surface area contributed by atoms with Crippen LogP contribution in [0.5, 0.6) is 0 Å². The average Bonchev–Trinajstić information content (AvgIpc) is 2.30. The van der Waals surface area contributed by atoms with Crippen molar-refractivity contribution in [2.75, 3.05) is 13.1 Å². The summed E-state index contributed by atoms with van der Waals surface area (Å²) in [5.74, 6) is 1.07. The van der Waals surface area contributed by atoms with Crippen LogP contribution in [0.25, 0.3) is 0 Å². The van der Waals surface area contributed by atoms with Gasteiger partial charge in [-0.3, -0.25) is 0 Å². The van der Waals surface area contributed by atoms with Crippen molar-refractivity contribution in [3.05, 3.63) is 35.6 Å². The Morgan fingerprint density at radius 3 is 2.29 bits per heavy atom. The van der Waals surface area contributed by atoms with Crippen LogP contribution in [-0.4, -0.2) is 13.1 Å². The van der Waals surface area contributed by atoms with E-state index in [2.05, 4.69) is 26.1 Å². The zero-order valence-corrected chi connectivity index (χ0v) is 11.2. The summed E-state index contributed by atoms with van der Waals surface area (Å²) in [7, 11) is 0. The van der Waals surface area contributed by atoms with Gasteiger partial charge in [-0.05, 0) is 42.5 Å². The second-order valence-electron chi connectivity index (χ2n) is 5.03. The van der Waals surface area contributed by atoms with Crippen LogP contribution in [0.3, 0.4) is 0 Å². The first-order valence-electron chi connectivity index (χ1n) is 6.59. The monoisotopic (exact) mass is 237 g/mol. The van der Waals surface area contributed by atoms with Crippen LogP contribution in [0.1, 0.15) is 45.1 Å². The third-order valence-corrected chi connectivity index (χ3v) is 3.07. The molecule has 0 bridgehead atoms. The number of nitrogens with one attached hydrogen (secondary N) is 1. The van der Waals surface area contributed by atoms with Gasteiger partial charge in [0.15, 0.2) is 0 Å². The first-order valence-corrected chi connectivity index (χ1v) is 6.59. The molecule has 1 aromatic carbocycles. The molecule has 96 valence electrons. The summed E-state index contributed by atoms with van der Waals surface area (Å²) < 4.78 is 12.9. The minimum absolute atomic E-state index is 0.153. The number of rotatable bonds is 7. The first kappa shape index (κ1) is 14.2. The Balaban J connectivity index is 2.63. The molecule has 1 N–H and O–H groups in total. The van der Waals surface area contributed by atoms with Crippen molar-refractivity contribution in [3.63, 3.8) is 0 Å². The van der Waals surface area contributed by atoms with Gasteiger partial charge < -0.3 is 5.32 Å². The molecule has 2 heteroatoms. The topological polar surface area (TPSA) is 12.0 Å². The van der Waals surface area contributed by atoms with Crippen molar-refractivity contribution < 1.29 is 4.39 Å². The summed E-state index contributed by atoms with van der Waals surface area (Å²) in [6.45, 7) is 8.57. The van der Waals surface area contributed by atoms with Crippen LogP contribution in [-0.2, 0) is 0 Å². The van der Waals surface area contributed by atoms with E-state index in [1.54, 1.807) is 12.1 Å². The van der Waals surface area contributed by atoms with Gasteiger partial charge in [-0.1, -0.05) is 39.3 Å². The van der Waals surface area contributed by atoms with Crippen molar-refractivity contribution in [1.82, 2.24) is 5.32 Å². The fourth-order valence-corrected chi connectivity index (χ4v) is 1.97. The van der Waals surface area contributed by atoms with E-state index in [0.29, 0.717) is 5.92 Å². The standard InChI is InChI=1S/C15H24FN/c1-4-17-11-14(6-5-12(2)3)13-7-9-15(16)10-8-13/h7-10,12,14,17H,4-6,11H2,1-3H3. The fraction of sp³-hybridized carbons (Fsp3) is 0.600. The van der Waals surface area contributed by atoms with Gasteiger partial charge in [0, 0.05) is 6.54 Å². The summed E-state index contributed by atoms with van der Waals surface area (Å²) in [5.41, 5.74) is 1.24. The molecule has 0 saturated heterocycles. The lowest BCUT2D eigenvalue weighted by molar-refractivity contribution is 0.479. The Hall–Kier alpha value is -0.890. The molecule has 1 nitrogen and oxygen atoms in total. The second kappa shape index (κ2) is 7.44. The third-order valence-electron chi connectivity index (χ3n) is 3.07. The summed E-state index contributed by atoms with van der Waals surface area (Å²) in [6.07, 6.45) is 2.38. The van der Waals surface area contributed by atoms with Crippen LogP contribution in [0.2, 0.25) is 0 Å². The molecule has 0 spiro atoms. The number of hydrogen-bond donors (Lipinski definition) is 1. The van der Waals surface area contributed by atoms with Gasteiger partial charge in [-0.2, -0.15) is 0 Å². The molecule has 0 aliphatic rings. The number of benzene rings is 1. The molecule has 1 aromatic rings. The Bertz CT molecular complexity index is 305. The molecule has 0 amide bonds. The Morgan fingerprint density at radius 2 is 1.76 bits per heavy atom. The number of likely N-dealkylation sites (N-methyl/N-ethyl adjacent to an activating group) is 1. The molecule has 0 aliphatic heterocycles. The summed E-state index contributed by atoms with van der Waals surface area (Å²) >= 11 is 0. The normalized spacial score (nSPS) is 13.0. The molecule has 1 atom stereocenters. The van der Waals surface area contributed by atoms with Crippen LogP contribution < -0.4 is 5.32 Å². The van der Waals surface area contributed by atoms with Crippen LogP contribution >= 0.6 is 0 Å². The van der Waals surface area contributed by atoms with Gasteiger partial charge in [-0.15, -0.1) is 0 Å². The van der Waals surface area contributed by atoms with E-state index in [9.17, 15) is 4.39 Å². The second-order valence-corrected chi connectivity index (χ2v) is 5.03. The molecule has 1 unspecified atom stereocenters. The van der Waals surface area contributed by atoms with E-state index in [1.807, 2.05) is 12.1 Å². The molecular weight excluding hydrogens is 213 g/mol. The minimum Gasteiger partial charge on any atom is -0.316 e. The van der Waals surface area contributed by atoms with E-state index in [1.165, 1.54) is 12.0 Å². The Morgan fingerprint density at radius 1 is 1.12 bits per heavy atom.